The first kappa shape index (κ1) is 20.9. The van der Waals surface area contributed by atoms with E-state index in [1.54, 1.807) is 30.3 Å². The maximum atomic E-state index is 12.7. The van der Waals surface area contributed by atoms with Gasteiger partial charge in [0.05, 0.1) is 17.4 Å². The van der Waals surface area contributed by atoms with Gasteiger partial charge in [0.25, 0.3) is 0 Å². The van der Waals surface area contributed by atoms with Crippen LogP contribution in [0.2, 0.25) is 5.02 Å². The quantitative estimate of drug-likeness (QED) is 0.545. The van der Waals surface area contributed by atoms with Crippen LogP contribution in [0.25, 0.3) is 10.9 Å². The van der Waals surface area contributed by atoms with E-state index in [9.17, 15) is 13.2 Å². The van der Waals surface area contributed by atoms with Gasteiger partial charge in [-0.15, -0.1) is 0 Å². The Morgan fingerprint density at radius 2 is 1.90 bits per heavy atom. The maximum absolute atomic E-state index is 12.7. The van der Waals surface area contributed by atoms with Crippen molar-refractivity contribution in [1.82, 2.24) is 4.98 Å². The normalized spacial score (nSPS) is 15.4. The standard InChI is InChI=1S/C23H25ClN2O3S/c24-18-9-10-21-17(14-25-22(21)13-18)12-23(27)26-19-6-4-5-16(11-19)15-30(28,29)20-7-2-1-3-8-20/h4-6,9-11,13-14,20,25H,1-3,7-8,12,15H2,(H,26,27). The fourth-order valence-corrected chi connectivity index (χ4v) is 6.30. The Hall–Kier alpha value is -2.31. The maximum Gasteiger partial charge on any atom is 0.228 e. The molecule has 1 amide bonds. The number of hydrogen-bond donors (Lipinski definition) is 2. The van der Waals surface area contributed by atoms with E-state index in [0.717, 1.165) is 48.6 Å². The number of hydrogen-bond acceptors (Lipinski definition) is 3. The molecule has 5 nitrogen and oxygen atoms in total. The number of amides is 1. The van der Waals surface area contributed by atoms with Gasteiger partial charge in [0.1, 0.15) is 0 Å². The van der Waals surface area contributed by atoms with Gasteiger partial charge in [0.15, 0.2) is 9.84 Å². The lowest BCUT2D eigenvalue weighted by Crippen LogP contribution is -2.25. The van der Waals surface area contributed by atoms with Crippen molar-refractivity contribution in [2.75, 3.05) is 5.32 Å². The predicted molar refractivity (Wildman–Crippen MR) is 122 cm³/mol. The number of aromatic nitrogens is 1. The van der Waals surface area contributed by atoms with E-state index in [1.165, 1.54) is 0 Å². The largest absolute Gasteiger partial charge is 0.361 e. The third-order valence-corrected chi connectivity index (χ3v) is 8.18. The molecule has 1 aliphatic rings. The van der Waals surface area contributed by atoms with Crippen LogP contribution in [0.3, 0.4) is 0 Å². The minimum atomic E-state index is -3.18. The molecule has 0 aliphatic heterocycles. The second-order valence-electron chi connectivity index (χ2n) is 8.00. The zero-order valence-corrected chi connectivity index (χ0v) is 18.2. The molecule has 3 aromatic rings. The third-order valence-electron chi connectivity index (χ3n) is 5.72. The summed E-state index contributed by atoms with van der Waals surface area (Å²) in [6.07, 6.45) is 6.64. The molecule has 1 aliphatic carbocycles. The summed E-state index contributed by atoms with van der Waals surface area (Å²) in [6.45, 7) is 0. The molecule has 0 spiro atoms. The van der Waals surface area contributed by atoms with Gasteiger partial charge >= 0.3 is 0 Å². The first-order valence-electron chi connectivity index (χ1n) is 10.3. The zero-order valence-electron chi connectivity index (χ0n) is 16.7. The first-order valence-corrected chi connectivity index (χ1v) is 12.4. The Morgan fingerprint density at radius 3 is 2.70 bits per heavy atom. The fraction of sp³-hybridized carbons (Fsp3) is 0.348. The van der Waals surface area contributed by atoms with Crippen LogP contribution in [0.5, 0.6) is 0 Å². The summed E-state index contributed by atoms with van der Waals surface area (Å²) in [5.41, 5.74) is 3.09. The lowest BCUT2D eigenvalue weighted by Gasteiger charge is -2.21. The summed E-state index contributed by atoms with van der Waals surface area (Å²) in [4.78, 5) is 15.7. The summed E-state index contributed by atoms with van der Waals surface area (Å²) in [7, 11) is -3.18. The summed E-state index contributed by atoms with van der Waals surface area (Å²) in [5, 5.41) is 4.25. The van der Waals surface area contributed by atoms with Crippen LogP contribution in [0, 0.1) is 0 Å². The zero-order chi connectivity index (χ0) is 21.1. The van der Waals surface area contributed by atoms with E-state index in [1.807, 2.05) is 18.3 Å². The van der Waals surface area contributed by atoms with Crippen molar-refractivity contribution in [1.29, 1.82) is 0 Å². The van der Waals surface area contributed by atoms with Crippen molar-refractivity contribution in [3.63, 3.8) is 0 Å². The minimum Gasteiger partial charge on any atom is -0.361 e. The second-order valence-corrected chi connectivity index (χ2v) is 10.7. The Balaban J connectivity index is 1.42. The highest BCUT2D eigenvalue weighted by Gasteiger charge is 2.27. The molecule has 2 N–H and O–H groups in total. The molecule has 30 heavy (non-hydrogen) atoms. The number of H-pyrrole nitrogens is 1. The predicted octanol–water partition coefficient (Wildman–Crippen LogP) is 5.25. The highest BCUT2D eigenvalue weighted by molar-refractivity contribution is 7.91. The Morgan fingerprint density at radius 1 is 1.10 bits per heavy atom. The molecule has 0 radical (unpaired) electrons. The average molecular weight is 445 g/mol. The fourth-order valence-electron chi connectivity index (χ4n) is 4.20. The van der Waals surface area contributed by atoms with E-state index in [-0.39, 0.29) is 23.3 Å². The number of carbonyl (C=O) groups is 1. The summed E-state index contributed by atoms with van der Waals surface area (Å²) in [6, 6.07) is 12.7. The van der Waals surface area contributed by atoms with Gasteiger partial charge in [-0.2, -0.15) is 0 Å². The molecule has 0 unspecified atom stereocenters. The van der Waals surface area contributed by atoms with E-state index in [2.05, 4.69) is 10.3 Å². The molecular formula is C23H25ClN2O3S. The molecular weight excluding hydrogens is 420 g/mol. The molecule has 1 aromatic heterocycles. The van der Waals surface area contributed by atoms with Crippen LogP contribution in [0.15, 0.2) is 48.7 Å². The van der Waals surface area contributed by atoms with E-state index >= 15 is 0 Å². The highest BCUT2D eigenvalue weighted by Crippen LogP contribution is 2.27. The van der Waals surface area contributed by atoms with Crippen molar-refractivity contribution in [3.05, 3.63) is 64.8 Å². The van der Waals surface area contributed by atoms with Crippen molar-refractivity contribution >= 4 is 43.9 Å². The molecule has 158 valence electrons. The number of carbonyl (C=O) groups excluding carboxylic acids is 1. The number of sulfone groups is 1. The number of halogens is 1. The molecule has 1 fully saturated rings. The van der Waals surface area contributed by atoms with E-state index in [0.29, 0.717) is 16.3 Å². The average Bonchev–Trinajstić information content (AvgIpc) is 3.10. The number of nitrogens with one attached hydrogen (secondary N) is 2. The van der Waals surface area contributed by atoms with Crippen molar-refractivity contribution in [2.24, 2.45) is 0 Å². The van der Waals surface area contributed by atoms with Gasteiger partial charge in [0.2, 0.25) is 5.91 Å². The number of fused-ring (bicyclic) bond motifs is 1. The van der Waals surface area contributed by atoms with Gasteiger partial charge in [0, 0.05) is 27.8 Å². The molecule has 0 atom stereocenters. The molecule has 7 heteroatoms. The van der Waals surface area contributed by atoms with Crippen molar-refractivity contribution in [3.8, 4) is 0 Å². The Bertz CT molecular complexity index is 1160. The lowest BCUT2D eigenvalue weighted by molar-refractivity contribution is -0.115. The molecule has 4 rings (SSSR count). The van der Waals surface area contributed by atoms with Gasteiger partial charge in [-0.1, -0.05) is 49.1 Å². The monoisotopic (exact) mass is 444 g/mol. The SMILES string of the molecule is O=C(Cc1c[nH]c2cc(Cl)ccc12)Nc1cccc(CS(=O)(=O)C2CCCCC2)c1. The third kappa shape index (κ3) is 4.87. The summed E-state index contributed by atoms with van der Waals surface area (Å²) < 4.78 is 25.5. The highest BCUT2D eigenvalue weighted by atomic mass is 35.5. The van der Waals surface area contributed by atoms with Crippen LogP contribution in [0.1, 0.15) is 43.2 Å². The molecule has 0 bridgehead atoms. The van der Waals surface area contributed by atoms with Crippen LogP contribution in [-0.4, -0.2) is 24.6 Å². The van der Waals surface area contributed by atoms with Gasteiger partial charge in [-0.25, -0.2) is 8.42 Å². The number of benzene rings is 2. The van der Waals surface area contributed by atoms with Gasteiger partial charge < -0.3 is 10.3 Å². The van der Waals surface area contributed by atoms with Crippen molar-refractivity contribution < 1.29 is 13.2 Å². The minimum absolute atomic E-state index is 0.0184. The van der Waals surface area contributed by atoms with Crippen LogP contribution in [-0.2, 0) is 26.8 Å². The second kappa shape index (κ2) is 8.82. The van der Waals surface area contributed by atoms with Crippen LogP contribution in [0.4, 0.5) is 5.69 Å². The number of rotatable bonds is 6. The molecule has 1 saturated carbocycles. The molecule has 0 saturated heterocycles. The van der Waals surface area contributed by atoms with Gasteiger partial charge in [-0.3, -0.25) is 4.79 Å². The Labute approximate surface area is 181 Å². The van der Waals surface area contributed by atoms with E-state index in [4.69, 9.17) is 11.6 Å². The van der Waals surface area contributed by atoms with Crippen molar-refractivity contribution in [2.45, 2.75) is 49.5 Å². The number of anilines is 1. The number of aromatic amines is 1. The first-order chi connectivity index (χ1) is 14.4. The van der Waals surface area contributed by atoms with Crippen LogP contribution < -0.4 is 5.32 Å². The summed E-state index contributed by atoms with van der Waals surface area (Å²) >= 11 is 6.01. The molecule has 1 heterocycles. The topological polar surface area (TPSA) is 79.0 Å². The van der Waals surface area contributed by atoms with Gasteiger partial charge in [-0.05, 0) is 48.2 Å². The smallest absolute Gasteiger partial charge is 0.228 e. The molecule has 2 aromatic carbocycles. The summed E-state index contributed by atoms with van der Waals surface area (Å²) in [5.74, 6) is -0.136. The lowest BCUT2D eigenvalue weighted by atomic mass is 10.0. The van der Waals surface area contributed by atoms with Crippen LogP contribution >= 0.6 is 11.6 Å². The Kier molecular flexibility index (Phi) is 6.16. The van der Waals surface area contributed by atoms with E-state index < -0.39 is 9.84 Å².